The number of unbranched alkanes of at least 4 members (excludes halogenated alkanes) is 19. The van der Waals surface area contributed by atoms with Crippen LogP contribution in [-0.4, -0.2) is 17.0 Å². The monoisotopic (exact) mass is 452 g/mol. The van der Waals surface area contributed by atoms with Crippen LogP contribution in [0.15, 0.2) is 12.3 Å². The van der Waals surface area contributed by atoms with Gasteiger partial charge in [-0.1, -0.05) is 116 Å². The van der Waals surface area contributed by atoms with Crippen molar-refractivity contribution in [1.82, 2.24) is 0 Å². The van der Waals surface area contributed by atoms with Gasteiger partial charge in [0.2, 0.25) is 0 Å². The number of carboxylic acid groups (broad SMARTS) is 1. The van der Waals surface area contributed by atoms with E-state index in [1.54, 1.807) is 0 Å². The average Bonchev–Trinajstić information content (AvgIpc) is 2.77. The minimum absolute atomic E-state index is 0.114. The highest BCUT2D eigenvalue weighted by molar-refractivity contribution is 5.70. The Morgan fingerprint density at radius 3 is 1.44 bits per heavy atom. The zero-order valence-electron chi connectivity index (χ0n) is 21.1. The van der Waals surface area contributed by atoms with Crippen LogP contribution in [0.5, 0.6) is 0 Å². The predicted octanol–water partition coefficient (Wildman–Crippen LogP) is 9.12. The molecule has 188 valence electrons. The Hall–Kier alpha value is -1.32. The first-order valence-electron chi connectivity index (χ1n) is 13.7. The fourth-order valence-electron chi connectivity index (χ4n) is 3.96. The number of aliphatic carboxylic acids is 1. The minimum Gasteiger partial charge on any atom is -0.481 e. The van der Waals surface area contributed by atoms with E-state index < -0.39 is 5.97 Å². The summed E-state index contributed by atoms with van der Waals surface area (Å²) in [5.41, 5.74) is 0. The Labute approximate surface area is 198 Å². The molecular formula is C28H52O4. The second kappa shape index (κ2) is 25.9. The lowest BCUT2D eigenvalue weighted by molar-refractivity contribution is -0.139. The van der Waals surface area contributed by atoms with Gasteiger partial charge in [0.15, 0.2) is 0 Å². The van der Waals surface area contributed by atoms with Crippen LogP contribution in [0.1, 0.15) is 155 Å². The molecule has 0 spiro atoms. The quantitative estimate of drug-likeness (QED) is 0.0852. The van der Waals surface area contributed by atoms with Crippen molar-refractivity contribution >= 4 is 11.9 Å². The van der Waals surface area contributed by atoms with Gasteiger partial charge in [-0.25, -0.2) is 0 Å². The Morgan fingerprint density at radius 2 is 1.00 bits per heavy atom. The molecule has 0 fully saturated rings. The maximum Gasteiger partial charge on any atom is 0.310 e. The second-order valence-electron chi connectivity index (χ2n) is 9.26. The Bertz CT molecular complexity index is 445. The number of rotatable bonds is 25. The fourth-order valence-corrected chi connectivity index (χ4v) is 3.96. The summed E-state index contributed by atoms with van der Waals surface area (Å²) < 4.78 is 5.02. The topological polar surface area (TPSA) is 63.6 Å². The van der Waals surface area contributed by atoms with Gasteiger partial charge in [-0.05, 0) is 31.8 Å². The summed E-state index contributed by atoms with van der Waals surface area (Å²) in [4.78, 5) is 21.9. The number of ether oxygens (including phenoxy) is 1. The summed E-state index contributed by atoms with van der Waals surface area (Å²) in [6, 6.07) is 0. The fraction of sp³-hybridized carbons (Fsp3) is 0.857. The molecule has 0 aliphatic heterocycles. The summed E-state index contributed by atoms with van der Waals surface area (Å²) >= 11 is 0. The van der Waals surface area contributed by atoms with Crippen molar-refractivity contribution in [1.29, 1.82) is 0 Å². The van der Waals surface area contributed by atoms with E-state index in [0.717, 1.165) is 12.8 Å². The number of allylic oxidation sites excluding steroid dienone is 1. The molecular weight excluding hydrogens is 400 g/mol. The Morgan fingerprint density at radius 1 is 0.594 bits per heavy atom. The maximum atomic E-state index is 11.5. The van der Waals surface area contributed by atoms with Crippen LogP contribution in [0.3, 0.4) is 0 Å². The normalized spacial score (nSPS) is 11.3. The first kappa shape index (κ1) is 30.7. The summed E-state index contributed by atoms with van der Waals surface area (Å²) in [5, 5.41) is 8.54. The molecule has 0 atom stereocenters. The van der Waals surface area contributed by atoms with Crippen LogP contribution in [0.25, 0.3) is 0 Å². The summed E-state index contributed by atoms with van der Waals surface area (Å²) in [7, 11) is 0. The van der Waals surface area contributed by atoms with E-state index in [-0.39, 0.29) is 18.8 Å². The van der Waals surface area contributed by atoms with Gasteiger partial charge in [-0.3, -0.25) is 9.59 Å². The molecule has 0 rings (SSSR count). The van der Waals surface area contributed by atoms with Crippen molar-refractivity contribution in [2.75, 3.05) is 0 Å². The first-order valence-corrected chi connectivity index (χ1v) is 13.7. The van der Waals surface area contributed by atoms with Crippen molar-refractivity contribution < 1.29 is 19.4 Å². The third-order valence-corrected chi connectivity index (χ3v) is 6.04. The maximum absolute atomic E-state index is 11.5. The van der Waals surface area contributed by atoms with E-state index in [1.165, 1.54) is 115 Å². The molecule has 1 N–H and O–H groups in total. The molecule has 0 heterocycles. The van der Waals surface area contributed by atoms with E-state index in [9.17, 15) is 9.59 Å². The molecule has 0 aromatic heterocycles. The van der Waals surface area contributed by atoms with Gasteiger partial charge < -0.3 is 9.84 Å². The first-order chi connectivity index (χ1) is 15.7. The lowest BCUT2D eigenvalue weighted by Crippen LogP contribution is -2.00. The number of carboxylic acids is 1. The van der Waals surface area contributed by atoms with Crippen molar-refractivity contribution in [3.63, 3.8) is 0 Å². The largest absolute Gasteiger partial charge is 0.481 e. The molecule has 0 aromatic carbocycles. The molecule has 0 radical (unpaired) electrons. The van der Waals surface area contributed by atoms with Gasteiger partial charge in [0.1, 0.15) is 0 Å². The van der Waals surface area contributed by atoms with Crippen LogP contribution in [0.4, 0.5) is 0 Å². The molecule has 0 unspecified atom stereocenters. The van der Waals surface area contributed by atoms with E-state index in [2.05, 4.69) is 6.92 Å². The van der Waals surface area contributed by atoms with E-state index in [4.69, 9.17) is 9.84 Å². The smallest absolute Gasteiger partial charge is 0.310 e. The number of carbonyl (C=O) groups is 2. The van der Waals surface area contributed by atoms with Crippen LogP contribution >= 0.6 is 0 Å². The number of carbonyl (C=O) groups excluding carboxylic acids is 1. The SMILES string of the molecule is CCCCCCCCCCCCCCCCCCCCC=COC(=O)CCCCC(=O)O. The molecule has 0 bridgehead atoms. The lowest BCUT2D eigenvalue weighted by atomic mass is 10.0. The lowest BCUT2D eigenvalue weighted by Gasteiger charge is -2.03. The minimum atomic E-state index is -0.817. The average molecular weight is 453 g/mol. The summed E-state index contributed by atoms with van der Waals surface area (Å²) in [5.74, 6) is -1.09. The molecule has 0 saturated heterocycles. The molecule has 0 aliphatic rings. The zero-order valence-corrected chi connectivity index (χ0v) is 21.1. The van der Waals surface area contributed by atoms with Crippen molar-refractivity contribution in [2.24, 2.45) is 0 Å². The Kier molecular flexibility index (Phi) is 24.9. The predicted molar refractivity (Wildman–Crippen MR) is 135 cm³/mol. The highest BCUT2D eigenvalue weighted by Crippen LogP contribution is 2.14. The van der Waals surface area contributed by atoms with E-state index in [1.807, 2.05) is 6.08 Å². The highest BCUT2D eigenvalue weighted by Gasteiger charge is 2.02. The molecule has 32 heavy (non-hydrogen) atoms. The van der Waals surface area contributed by atoms with Crippen molar-refractivity contribution in [3.8, 4) is 0 Å². The van der Waals surface area contributed by atoms with Gasteiger partial charge in [0.05, 0.1) is 6.26 Å². The highest BCUT2D eigenvalue weighted by atomic mass is 16.5. The summed E-state index contributed by atoms with van der Waals surface area (Å²) in [6.45, 7) is 2.28. The number of hydrogen-bond donors (Lipinski definition) is 1. The Balaban J connectivity index is 3.18. The van der Waals surface area contributed by atoms with Gasteiger partial charge in [-0.15, -0.1) is 0 Å². The molecule has 0 aliphatic carbocycles. The van der Waals surface area contributed by atoms with Crippen LogP contribution in [-0.2, 0) is 14.3 Å². The van der Waals surface area contributed by atoms with Gasteiger partial charge in [0.25, 0.3) is 0 Å². The zero-order chi connectivity index (χ0) is 23.5. The molecule has 4 nitrogen and oxygen atoms in total. The molecule has 0 amide bonds. The molecule has 0 saturated carbocycles. The summed E-state index contributed by atoms with van der Waals surface area (Å²) in [6.07, 6.45) is 30.7. The van der Waals surface area contributed by atoms with E-state index in [0.29, 0.717) is 12.8 Å². The number of esters is 1. The van der Waals surface area contributed by atoms with Crippen molar-refractivity contribution in [3.05, 3.63) is 12.3 Å². The van der Waals surface area contributed by atoms with Crippen LogP contribution in [0.2, 0.25) is 0 Å². The van der Waals surface area contributed by atoms with Crippen LogP contribution in [0, 0.1) is 0 Å². The molecule has 4 heteroatoms. The standard InChI is InChI=1S/C28H52O4/c1-2-3-4-5-6-7-8-9-10-11-12-13-14-15-16-17-18-19-20-23-26-32-28(31)25-22-21-24-27(29)30/h23,26H,2-22,24-25H2,1H3,(H,29,30). The number of hydrogen-bond acceptors (Lipinski definition) is 3. The van der Waals surface area contributed by atoms with Gasteiger partial charge in [0, 0.05) is 12.8 Å². The molecule has 0 aromatic rings. The van der Waals surface area contributed by atoms with Gasteiger partial charge >= 0.3 is 11.9 Å². The third-order valence-electron chi connectivity index (χ3n) is 6.04. The van der Waals surface area contributed by atoms with Crippen LogP contribution < -0.4 is 0 Å². The van der Waals surface area contributed by atoms with Crippen molar-refractivity contribution in [2.45, 2.75) is 155 Å². The van der Waals surface area contributed by atoms with Gasteiger partial charge in [-0.2, -0.15) is 0 Å². The third kappa shape index (κ3) is 26.7. The second-order valence-corrected chi connectivity index (χ2v) is 9.26. The van der Waals surface area contributed by atoms with E-state index >= 15 is 0 Å².